The fourth-order valence-electron chi connectivity index (χ4n) is 1.20. The normalized spacial score (nSPS) is 11.9. The van der Waals surface area contributed by atoms with Gasteiger partial charge in [0.1, 0.15) is 5.57 Å². The zero-order valence-electron chi connectivity index (χ0n) is 12.8. The average Bonchev–Trinajstić information content (AvgIpc) is 2.13. The van der Waals surface area contributed by atoms with Crippen LogP contribution in [0.1, 0.15) is 0 Å². The summed E-state index contributed by atoms with van der Waals surface area (Å²) in [5, 5.41) is 0. The van der Waals surface area contributed by atoms with Gasteiger partial charge in [-0.3, -0.25) is 0 Å². The van der Waals surface area contributed by atoms with E-state index >= 15 is 0 Å². The number of ether oxygens (including phenoxy) is 1. The number of methoxy groups -OCH3 is 1. The Kier molecular flexibility index (Phi) is 6.38. The predicted molar refractivity (Wildman–Crippen MR) is 82.7 cm³/mol. The summed E-state index contributed by atoms with van der Waals surface area (Å²) in [6.45, 7) is 12.4. The van der Waals surface area contributed by atoms with Gasteiger partial charge in [0, 0.05) is 10.2 Å². The molecular weight excluding hydrogens is 280 g/mol. The summed E-state index contributed by atoms with van der Waals surface area (Å²) in [5.41, 5.74) is 0.550. The van der Waals surface area contributed by atoms with E-state index in [1.807, 2.05) is 0 Å². The molecule has 0 bridgehead atoms. The Morgan fingerprint density at radius 3 is 1.61 bits per heavy atom. The lowest BCUT2D eigenvalue weighted by molar-refractivity contribution is -0.136. The number of carbonyl (C=O) groups is 1. The maximum Gasteiger partial charge on any atom is 0.340 e. The minimum atomic E-state index is -1.81. The Bertz CT molecular complexity index is 308. The summed E-state index contributed by atoms with van der Waals surface area (Å²) >= 11 is 0. The highest BCUT2D eigenvalue weighted by Crippen LogP contribution is 2.22. The van der Waals surface area contributed by atoms with E-state index < -0.39 is 16.6 Å². The first-order chi connectivity index (χ1) is 8.00. The van der Waals surface area contributed by atoms with Crippen molar-refractivity contribution >= 4 is 32.8 Å². The van der Waals surface area contributed by atoms with E-state index in [2.05, 4.69) is 39.3 Å². The standard InChI is InChI=1S/C11H26O4Si3/c1-13-10(12)9(8-16)11(14-17(2,3)4)15-18(5,6)7/h8H2,1-7,16H3. The lowest BCUT2D eigenvalue weighted by atomic mass is 10.3. The highest BCUT2D eigenvalue weighted by molar-refractivity contribution is 6.71. The van der Waals surface area contributed by atoms with Crippen molar-refractivity contribution in [2.45, 2.75) is 45.3 Å². The van der Waals surface area contributed by atoms with Gasteiger partial charge in [-0.15, -0.1) is 0 Å². The van der Waals surface area contributed by atoms with E-state index in [0.29, 0.717) is 17.6 Å². The van der Waals surface area contributed by atoms with Crippen LogP contribution in [-0.2, 0) is 18.4 Å². The molecule has 7 heteroatoms. The number of rotatable bonds is 6. The largest absolute Gasteiger partial charge is 0.520 e. The van der Waals surface area contributed by atoms with Gasteiger partial charge in [-0.25, -0.2) is 4.79 Å². The molecule has 0 aromatic heterocycles. The molecule has 0 aliphatic rings. The monoisotopic (exact) mass is 306 g/mol. The van der Waals surface area contributed by atoms with Gasteiger partial charge in [0.25, 0.3) is 5.95 Å². The molecule has 0 rings (SSSR count). The molecule has 0 N–H and O–H groups in total. The van der Waals surface area contributed by atoms with E-state index in [1.165, 1.54) is 7.11 Å². The van der Waals surface area contributed by atoms with Gasteiger partial charge in [-0.2, -0.15) is 0 Å². The van der Waals surface area contributed by atoms with Crippen LogP contribution >= 0.6 is 0 Å². The average molecular weight is 307 g/mol. The van der Waals surface area contributed by atoms with E-state index in [9.17, 15) is 4.79 Å². The molecule has 0 atom stereocenters. The van der Waals surface area contributed by atoms with Crippen LogP contribution in [0.15, 0.2) is 11.5 Å². The molecule has 0 heterocycles. The number of hydrogen-bond acceptors (Lipinski definition) is 4. The lowest BCUT2D eigenvalue weighted by Gasteiger charge is -2.28. The van der Waals surface area contributed by atoms with Crippen LogP contribution in [0.2, 0.25) is 45.3 Å². The van der Waals surface area contributed by atoms with Crippen molar-refractivity contribution in [3.8, 4) is 0 Å². The summed E-state index contributed by atoms with van der Waals surface area (Å²) < 4.78 is 16.7. The smallest absolute Gasteiger partial charge is 0.340 e. The van der Waals surface area contributed by atoms with Crippen LogP contribution in [0.5, 0.6) is 0 Å². The van der Waals surface area contributed by atoms with Crippen molar-refractivity contribution in [3.63, 3.8) is 0 Å². The topological polar surface area (TPSA) is 44.8 Å². The molecule has 18 heavy (non-hydrogen) atoms. The Balaban J connectivity index is 5.40. The Morgan fingerprint density at radius 1 is 1.00 bits per heavy atom. The van der Waals surface area contributed by atoms with Crippen molar-refractivity contribution in [1.82, 2.24) is 0 Å². The van der Waals surface area contributed by atoms with Crippen molar-refractivity contribution < 1.29 is 18.4 Å². The first-order valence-corrected chi connectivity index (χ1v) is 14.4. The molecule has 0 aliphatic heterocycles. The van der Waals surface area contributed by atoms with E-state index in [-0.39, 0.29) is 5.97 Å². The fraction of sp³-hybridized carbons (Fsp3) is 0.727. The van der Waals surface area contributed by atoms with Crippen LogP contribution < -0.4 is 0 Å². The third-order valence-corrected chi connectivity index (χ3v) is 4.13. The number of hydrogen-bond donors (Lipinski definition) is 0. The van der Waals surface area contributed by atoms with Crippen molar-refractivity contribution in [1.29, 1.82) is 0 Å². The van der Waals surface area contributed by atoms with Crippen molar-refractivity contribution in [2.24, 2.45) is 0 Å². The third kappa shape index (κ3) is 7.02. The molecule has 4 nitrogen and oxygen atoms in total. The molecule has 0 aliphatic carbocycles. The minimum absolute atomic E-state index is 0.337. The van der Waals surface area contributed by atoms with E-state index in [1.54, 1.807) is 0 Å². The molecule has 0 saturated heterocycles. The molecule has 0 saturated carbocycles. The van der Waals surface area contributed by atoms with Crippen LogP contribution in [0.4, 0.5) is 0 Å². The fourth-order valence-corrected chi connectivity index (χ4v) is 3.30. The molecule has 0 spiro atoms. The highest BCUT2D eigenvalue weighted by atomic mass is 28.4. The second kappa shape index (κ2) is 6.58. The summed E-state index contributed by atoms with van der Waals surface area (Å²) in [7, 11) is -1.36. The summed E-state index contributed by atoms with van der Waals surface area (Å²) in [5.74, 6) is 0.0756. The minimum Gasteiger partial charge on any atom is -0.520 e. The van der Waals surface area contributed by atoms with Crippen LogP contribution in [0, 0.1) is 0 Å². The SMILES string of the molecule is COC(=O)C(C[SiH3])=C(O[Si](C)(C)C)O[Si](C)(C)C. The zero-order valence-corrected chi connectivity index (χ0v) is 16.8. The van der Waals surface area contributed by atoms with Gasteiger partial charge >= 0.3 is 5.97 Å². The zero-order chi connectivity index (χ0) is 14.6. The van der Waals surface area contributed by atoms with Gasteiger partial charge < -0.3 is 13.6 Å². The molecule has 0 radical (unpaired) electrons. The number of esters is 1. The van der Waals surface area contributed by atoms with Crippen LogP contribution in [0.25, 0.3) is 0 Å². The van der Waals surface area contributed by atoms with Crippen LogP contribution in [0.3, 0.4) is 0 Å². The van der Waals surface area contributed by atoms with Gasteiger partial charge in [0.05, 0.1) is 7.11 Å². The predicted octanol–water partition coefficient (Wildman–Crippen LogP) is 1.86. The lowest BCUT2D eigenvalue weighted by Crippen LogP contribution is -2.33. The molecule has 106 valence electrons. The first kappa shape index (κ1) is 17.5. The van der Waals surface area contributed by atoms with E-state index in [4.69, 9.17) is 13.6 Å². The van der Waals surface area contributed by atoms with Gasteiger partial charge in [-0.05, 0) is 45.3 Å². The van der Waals surface area contributed by atoms with Gasteiger partial charge in [0.15, 0.2) is 0 Å². The molecule has 0 unspecified atom stereocenters. The summed E-state index contributed by atoms with van der Waals surface area (Å²) in [4.78, 5) is 11.8. The molecule has 0 aromatic carbocycles. The van der Waals surface area contributed by atoms with Gasteiger partial charge in [0.2, 0.25) is 16.6 Å². The molecule has 0 aromatic rings. The van der Waals surface area contributed by atoms with Crippen LogP contribution in [-0.4, -0.2) is 40.0 Å². The Hall–Kier alpha value is -0.539. The van der Waals surface area contributed by atoms with Crippen molar-refractivity contribution in [2.75, 3.05) is 7.11 Å². The maximum atomic E-state index is 11.8. The molecular formula is C11H26O4Si3. The molecule has 0 fully saturated rings. The summed E-state index contributed by atoms with van der Waals surface area (Å²) in [6, 6.07) is 0.678. The third-order valence-electron chi connectivity index (χ3n) is 1.83. The van der Waals surface area contributed by atoms with Crippen molar-refractivity contribution in [3.05, 3.63) is 11.5 Å². The number of carbonyl (C=O) groups excluding carboxylic acids is 1. The Morgan fingerprint density at radius 2 is 1.39 bits per heavy atom. The van der Waals surface area contributed by atoms with Gasteiger partial charge in [-0.1, -0.05) is 0 Å². The molecule has 0 amide bonds. The summed E-state index contributed by atoms with van der Waals surface area (Å²) in [6.07, 6.45) is 0. The Labute approximate surface area is 115 Å². The second-order valence-electron chi connectivity index (χ2n) is 6.04. The maximum absolute atomic E-state index is 11.8. The highest BCUT2D eigenvalue weighted by Gasteiger charge is 2.28. The first-order valence-electron chi connectivity index (χ1n) is 6.19. The quantitative estimate of drug-likeness (QED) is 0.325. The van der Waals surface area contributed by atoms with E-state index in [0.717, 1.165) is 10.2 Å². The second-order valence-corrected chi connectivity index (χ2v) is 15.6.